The lowest BCUT2D eigenvalue weighted by Gasteiger charge is -2.31. The normalized spacial score (nSPS) is 25.2. The number of nitrogens with zero attached hydrogens (tertiary/aromatic N) is 2. The fourth-order valence-electron chi connectivity index (χ4n) is 3.02. The molecule has 0 saturated carbocycles. The van der Waals surface area contributed by atoms with Gasteiger partial charge in [0.05, 0.1) is 17.8 Å². The van der Waals surface area contributed by atoms with Crippen LogP contribution in [0.5, 0.6) is 0 Å². The maximum absolute atomic E-state index is 12.2. The largest absolute Gasteiger partial charge is 0.383 e. The summed E-state index contributed by atoms with van der Waals surface area (Å²) in [4.78, 5) is 16.1. The van der Waals surface area contributed by atoms with Gasteiger partial charge in [0.15, 0.2) is 0 Å². The number of aryl methyl sites for hydroxylation is 1. The van der Waals surface area contributed by atoms with E-state index in [1.54, 1.807) is 6.20 Å². The Balaban J connectivity index is 2.28. The summed E-state index contributed by atoms with van der Waals surface area (Å²) in [5.74, 6) is 0.267. The average Bonchev–Trinajstić information content (AvgIpc) is 2.72. The Morgan fingerprint density at radius 1 is 1.33 bits per heavy atom. The summed E-state index contributed by atoms with van der Waals surface area (Å²) in [6, 6.07) is 0. The molecule has 0 radical (unpaired) electrons. The molecule has 1 aromatic rings. The maximum Gasteiger partial charge on any atom is 0.351 e. The summed E-state index contributed by atoms with van der Waals surface area (Å²) in [5.41, 5.74) is 5.95. The highest BCUT2D eigenvalue weighted by atomic mass is 16.6. The molecule has 0 spiro atoms. The molecule has 1 aliphatic heterocycles. The van der Waals surface area contributed by atoms with Gasteiger partial charge in [-0.15, -0.1) is 0 Å². The summed E-state index contributed by atoms with van der Waals surface area (Å²) in [6.07, 6.45) is 2.73. The van der Waals surface area contributed by atoms with Crippen molar-refractivity contribution < 1.29 is 9.47 Å². The lowest BCUT2D eigenvalue weighted by atomic mass is 9.87. The molecule has 3 atom stereocenters. The third-order valence-corrected chi connectivity index (χ3v) is 3.98. The van der Waals surface area contributed by atoms with Crippen LogP contribution < -0.4 is 11.4 Å². The zero-order valence-electron chi connectivity index (χ0n) is 15.9. The van der Waals surface area contributed by atoms with E-state index >= 15 is 0 Å². The number of nitrogen functional groups attached to an aromatic ring is 1. The van der Waals surface area contributed by atoms with Gasteiger partial charge in [-0.25, -0.2) is 4.79 Å². The van der Waals surface area contributed by atoms with Gasteiger partial charge in [-0.05, 0) is 39.5 Å². The standard InChI is InChI=1S/C18H31N3O3/c1-11-10-21(16(22)20-15(11)19)14-8-12(24-18(5,6)7)13(23-14)9-17(2,3)4/h10,12-14H,8-9H2,1-7H3,(H2,19,20,22)/t12-,13-,14-/m1/s1. The Kier molecular flexibility index (Phi) is 5.11. The van der Waals surface area contributed by atoms with Crippen molar-refractivity contribution in [1.82, 2.24) is 9.55 Å². The van der Waals surface area contributed by atoms with Crippen molar-refractivity contribution in [1.29, 1.82) is 0 Å². The first kappa shape index (κ1) is 18.9. The summed E-state index contributed by atoms with van der Waals surface area (Å²) >= 11 is 0. The molecule has 1 aromatic heterocycles. The molecule has 6 nitrogen and oxygen atoms in total. The van der Waals surface area contributed by atoms with Gasteiger partial charge in [0.1, 0.15) is 12.0 Å². The first-order valence-corrected chi connectivity index (χ1v) is 8.54. The first-order valence-electron chi connectivity index (χ1n) is 8.54. The average molecular weight is 337 g/mol. The second kappa shape index (κ2) is 6.48. The molecule has 1 saturated heterocycles. The monoisotopic (exact) mass is 337 g/mol. The number of nitrogens with two attached hydrogens (primary N) is 1. The Labute approximate surface area is 144 Å². The lowest BCUT2D eigenvalue weighted by molar-refractivity contribution is -0.102. The van der Waals surface area contributed by atoms with Crippen LogP contribution in [-0.4, -0.2) is 27.4 Å². The minimum absolute atomic E-state index is 0.0565. The van der Waals surface area contributed by atoms with Crippen molar-refractivity contribution in [3.05, 3.63) is 22.2 Å². The van der Waals surface area contributed by atoms with Crippen molar-refractivity contribution in [3.8, 4) is 0 Å². The number of anilines is 1. The molecule has 0 aromatic carbocycles. The van der Waals surface area contributed by atoms with E-state index in [1.165, 1.54) is 4.57 Å². The lowest BCUT2D eigenvalue weighted by Crippen LogP contribution is -2.35. The van der Waals surface area contributed by atoms with Crippen molar-refractivity contribution in [2.45, 2.75) is 85.3 Å². The second-order valence-electron chi connectivity index (χ2n) is 8.90. The number of hydrogen-bond donors (Lipinski definition) is 1. The third-order valence-electron chi connectivity index (χ3n) is 3.98. The minimum Gasteiger partial charge on any atom is -0.383 e. The van der Waals surface area contributed by atoms with Crippen LogP contribution >= 0.6 is 0 Å². The van der Waals surface area contributed by atoms with Crippen molar-refractivity contribution in [2.24, 2.45) is 5.41 Å². The van der Waals surface area contributed by atoms with Gasteiger partial charge in [-0.3, -0.25) is 4.57 Å². The van der Waals surface area contributed by atoms with Crippen molar-refractivity contribution in [2.75, 3.05) is 5.73 Å². The van der Waals surface area contributed by atoms with Crippen LogP contribution in [0.4, 0.5) is 5.82 Å². The van der Waals surface area contributed by atoms with E-state index in [2.05, 4.69) is 25.8 Å². The second-order valence-corrected chi connectivity index (χ2v) is 8.90. The Hall–Kier alpha value is -1.40. The van der Waals surface area contributed by atoms with E-state index in [4.69, 9.17) is 15.2 Å². The minimum atomic E-state index is -0.381. The highest BCUT2D eigenvalue weighted by molar-refractivity contribution is 5.35. The van der Waals surface area contributed by atoms with Crippen LogP contribution in [0.1, 0.15) is 66.2 Å². The molecule has 0 bridgehead atoms. The van der Waals surface area contributed by atoms with Crippen molar-refractivity contribution >= 4 is 5.82 Å². The fraction of sp³-hybridized carbons (Fsp3) is 0.778. The number of hydrogen-bond acceptors (Lipinski definition) is 5. The fourth-order valence-corrected chi connectivity index (χ4v) is 3.02. The van der Waals surface area contributed by atoms with Crippen LogP contribution in [0.15, 0.2) is 11.0 Å². The van der Waals surface area contributed by atoms with E-state index in [9.17, 15) is 4.79 Å². The van der Waals surface area contributed by atoms with Gasteiger partial charge in [0, 0.05) is 18.2 Å². The summed E-state index contributed by atoms with van der Waals surface area (Å²) < 4.78 is 14.0. The third kappa shape index (κ3) is 4.80. The van der Waals surface area contributed by atoms with E-state index in [0.717, 1.165) is 12.0 Å². The molecule has 2 heterocycles. The predicted octanol–water partition coefficient (Wildman–Crippen LogP) is 3.04. The zero-order valence-corrected chi connectivity index (χ0v) is 15.9. The molecule has 136 valence electrons. The van der Waals surface area contributed by atoms with Gasteiger partial charge in [0.25, 0.3) is 0 Å². The molecular formula is C18H31N3O3. The van der Waals surface area contributed by atoms with Crippen LogP contribution in [0.2, 0.25) is 0 Å². The molecule has 2 rings (SSSR count). The molecule has 2 N–H and O–H groups in total. The predicted molar refractivity (Wildman–Crippen MR) is 94.9 cm³/mol. The number of rotatable bonds is 3. The molecule has 24 heavy (non-hydrogen) atoms. The summed E-state index contributed by atoms with van der Waals surface area (Å²) in [6.45, 7) is 14.5. The van der Waals surface area contributed by atoms with E-state index < -0.39 is 0 Å². The van der Waals surface area contributed by atoms with Crippen LogP contribution in [0.25, 0.3) is 0 Å². The maximum atomic E-state index is 12.2. The van der Waals surface area contributed by atoms with Crippen molar-refractivity contribution in [3.63, 3.8) is 0 Å². The first-order chi connectivity index (χ1) is 10.9. The van der Waals surface area contributed by atoms with Gasteiger partial charge in [-0.1, -0.05) is 20.8 Å². The number of ether oxygens (including phenoxy) is 2. The smallest absolute Gasteiger partial charge is 0.351 e. The summed E-state index contributed by atoms with van der Waals surface area (Å²) in [5, 5.41) is 0. The molecule has 0 unspecified atom stereocenters. The van der Waals surface area contributed by atoms with Gasteiger partial charge < -0.3 is 15.2 Å². The molecule has 6 heteroatoms. The molecular weight excluding hydrogens is 306 g/mol. The van der Waals surface area contributed by atoms with Crippen LogP contribution in [0.3, 0.4) is 0 Å². The van der Waals surface area contributed by atoms with Gasteiger partial charge >= 0.3 is 5.69 Å². The quantitative estimate of drug-likeness (QED) is 0.917. The van der Waals surface area contributed by atoms with E-state index in [-0.39, 0.29) is 41.0 Å². The SMILES string of the molecule is Cc1cn([C@H]2C[C@@H](OC(C)(C)C)[C@@H](CC(C)(C)C)O2)c(=O)nc1N. The van der Waals surface area contributed by atoms with Crippen LogP contribution in [-0.2, 0) is 9.47 Å². The molecule has 0 aliphatic carbocycles. The summed E-state index contributed by atoms with van der Waals surface area (Å²) in [7, 11) is 0. The Bertz CT molecular complexity index is 616. The zero-order chi connectivity index (χ0) is 18.3. The van der Waals surface area contributed by atoms with Gasteiger partial charge in [0.2, 0.25) is 0 Å². The van der Waals surface area contributed by atoms with E-state index in [0.29, 0.717) is 6.42 Å². The molecule has 0 amide bonds. The number of aromatic nitrogens is 2. The Morgan fingerprint density at radius 3 is 2.50 bits per heavy atom. The highest BCUT2D eigenvalue weighted by Crippen LogP contribution is 2.38. The Morgan fingerprint density at radius 2 is 1.96 bits per heavy atom. The topological polar surface area (TPSA) is 79.4 Å². The molecule has 1 aliphatic rings. The van der Waals surface area contributed by atoms with Gasteiger partial charge in [-0.2, -0.15) is 4.98 Å². The van der Waals surface area contributed by atoms with E-state index in [1.807, 2.05) is 27.7 Å². The highest BCUT2D eigenvalue weighted by Gasteiger charge is 2.41. The van der Waals surface area contributed by atoms with Crippen LogP contribution in [0, 0.1) is 12.3 Å². The molecule has 1 fully saturated rings.